The number of rotatable bonds is 2. The molecule has 1 fully saturated rings. The van der Waals surface area contributed by atoms with Gasteiger partial charge in [0.25, 0.3) is 5.91 Å². The van der Waals surface area contributed by atoms with Crippen LogP contribution >= 0.6 is 11.3 Å². The number of nitrogens with zero attached hydrogens (tertiary/aromatic N) is 1. The minimum atomic E-state index is 0.0985. The quantitative estimate of drug-likeness (QED) is 0.875. The molecule has 0 aromatic carbocycles. The predicted octanol–water partition coefficient (Wildman–Crippen LogP) is 2.19. The molecule has 2 rings (SSSR count). The van der Waals surface area contributed by atoms with Crippen molar-refractivity contribution >= 4 is 17.2 Å². The van der Waals surface area contributed by atoms with Crippen molar-refractivity contribution in [3.63, 3.8) is 0 Å². The van der Waals surface area contributed by atoms with E-state index in [1.54, 1.807) is 11.3 Å². The van der Waals surface area contributed by atoms with Crippen LogP contribution in [0.1, 0.15) is 33.6 Å². The van der Waals surface area contributed by atoms with Crippen LogP contribution < -0.4 is 5.32 Å². The monoisotopic (exact) mass is 252 g/mol. The van der Waals surface area contributed by atoms with Crippen LogP contribution in [0, 0.1) is 13.8 Å². The molecular formula is C13H20N2OS. The van der Waals surface area contributed by atoms with E-state index in [4.69, 9.17) is 0 Å². The first kappa shape index (κ1) is 12.6. The first-order valence-corrected chi connectivity index (χ1v) is 7.00. The molecular weight excluding hydrogens is 232 g/mol. The largest absolute Gasteiger partial charge is 0.349 e. The molecule has 1 saturated heterocycles. The summed E-state index contributed by atoms with van der Waals surface area (Å²) >= 11 is 1.65. The minimum Gasteiger partial charge on any atom is -0.349 e. The molecule has 0 spiro atoms. The Bertz CT molecular complexity index is 406. The zero-order chi connectivity index (χ0) is 12.4. The second-order valence-corrected chi connectivity index (χ2v) is 5.97. The summed E-state index contributed by atoms with van der Waals surface area (Å²) in [5.41, 5.74) is 1.98. The van der Waals surface area contributed by atoms with E-state index in [-0.39, 0.29) is 5.91 Å². The molecule has 0 bridgehead atoms. The van der Waals surface area contributed by atoms with Crippen LogP contribution in [0.15, 0.2) is 5.38 Å². The highest BCUT2D eigenvalue weighted by Gasteiger charge is 2.20. The van der Waals surface area contributed by atoms with Crippen molar-refractivity contribution in [3.05, 3.63) is 21.4 Å². The average Bonchev–Trinajstić information content (AvgIpc) is 2.63. The third kappa shape index (κ3) is 2.87. The van der Waals surface area contributed by atoms with Crippen molar-refractivity contribution in [3.8, 4) is 0 Å². The van der Waals surface area contributed by atoms with Crippen LogP contribution in [0.5, 0.6) is 0 Å². The van der Waals surface area contributed by atoms with Crippen LogP contribution in [-0.4, -0.2) is 37.0 Å². The first-order valence-electron chi connectivity index (χ1n) is 6.12. The molecule has 1 amide bonds. The number of hydrogen-bond donors (Lipinski definition) is 1. The van der Waals surface area contributed by atoms with Gasteiger partial charge in [-0.2, -0.15) is 0 Å². The summed E-state index contributed by atoms with van der Waals surface area (Å²) in [6.45, 7) is 6.24. The minimum absolute atomic E-state index is 0.0985. The maximum Gasteiger partial charge on any atom is 0.252 e. The molecule has 4 heteroatoms. The van der Waals surface area contributed by atoms with E-state index in [0.717, 1.165) is 37.1 Å². The Morgan fingerprint density at radius 3 is 2.59 bits per heavy atom. The number of likely N-dealkylation sites (tertiary alicyclic amines) is 1. The summed E-state index contributed by atoms with van der Waals surface area (Å²) in [7, 11) is 2.13. The Kier molecular flexibility index (Phi) is 3.84. The number of piperidine rings is 1. The molecule has 2 heterocycles. The van der Waals surface area contributed by atoms with E-state index in [2.05, 4.69) is 24.2 Å². The number of carbonyl (C=O) groups is 1. The van der Waals surface area contributed by atoms with Gasteiger partial charge in [-0.1, -0.05) is 0 Å². The number of hydrogen-bond acceptors (Lipinski definition) is 3. The Morgan fingerprint density at radius 1 is 1.41 bits per heavy atom. The highest BCUT2D eigenvalue weighted by Crippen LogP contribution is 2.21. The van der Waals surface area contributed by atoms with Crippen molar-refractivity contribution in [2.75, 3.05) is 20.1 Å². The lowest BCUT2D eigenvalue weighted by Crippen LogP contribution is -2.43. The lowest BCUT2D eigenvalue weighted by molar-refractivity contribution is 0.0916. The Labute approximate surface area is 107 Å². The van der Waals surface area contributed by atoms with E-state index < -0.39 is 0 Å². The van der Waals surface area contributed by atoms with Crippen LogP contribution in [0.2, 0.25) is 0 Å². The highest BCUT2D eigenvalue weighted by atomic mass is 32.1. The average molecular weight is 252 g/mol. The normalized spacial score (nSPS) is 18.3. The molecule has 17 heavy (non-hydrogen) atoms. The molecule has 3 nitrogen and oxygen atoms in total. The first-order chi connectivity index (χ1) is 8.08. The summed E-state index contributed by atoms with van der Waals surface area (Å²) < 4.78 is 0. The van der Waals surface area contributed by atoms with Gasteiger partial charge in [0.1, 0.15) is 0 Å². The second-order valence-electron chi connectivity index (χ2n) is 4.88. The van der Waals surface area contributed by atoms with E-state index in [1.165, 1.54) is 4.88 Å². The molecule has 0 unspecified atom stereocenters. The van der Waals surface area contributed by atoms with Crippen LogP contribution in [-0.2, 0) is 0 Å². The third-order valence-electron chi connectivity index (χ3n) is 3.58. The Hall–Kier alpha value is -0.870. The summed E-state index contributed by atoms with van der Waals surface area (Å²) in [6.07, 6.45) is 2.12. The SMILES string of the molecule is Cc1scc(C(=O)NC2CCN(C)CC2)c1C. The van der Waals surface area contributed by atoms with Gasteiger partial charge in [0.2, 0.25) is 0 Å². The number of thiophene rings is 1. The molecule has 0 saturated carbocycles. The summed E-state index contributed by atoms with van der Waals surface area (Å²) in [4.78, 5) is 15.7. The van der Waals surface area contributed by atoms with Gasteiger partial charge in [-0.25, -0.2) is 0 Å². The van der Waals surface area contributed by atoms with Gasteiger partial charge in [-0.05, 0) is 52.4 Å². The van der Waals surface area contributed by atoms with Gasteiger partial charge >= 0.3 is 0 Å². The van der Waals surface area contributed by atoms with E-state index in [0.29, 0.717) is 6.04 Å². The number of nitrogens with one attached hydrogen (secondary N) is 1. The van der Waals surface area contributed by atoms with Crippen LogP contribution in [0.3, 0.4) is 0 Å². The lowest BCUT2D eigenvalue weighted by atomic mass is 10.0. The molecule has 1 N–H and O–H groups in total. The van der Waals surface area contributed by atoms with Gasteiger partial charge in [0.15, 0.2) is 0 Å². The third-order valence-corrected chi connectivity index (χ3v) is 4.60. The molecule has 1 aromatic heterocycles. The van der Waals surface area contributed by atoms with Gasteiger partial charge < -0.3 is 10.2 Å². The second kappa shape index (κ2) is 5.19. The fraction of sp³-hybridized carbons (Fsp3) is 0.615. The molecule has 0 atom stereocenters. The maximum atomic E-state index is 12.1. The van der Waals surface area contributed by atoms with Crippen LogP contribution in [0.25, 0.3) is 0 Å². The Balaban J connectivity index is 1.95. The smallest absolute Gasteiger partial charge is 0.252 e. The topological polar surface area (TPSA) is 32.3 Å². The molecule has 94 valence electrons. The highest BCUT2D eigenvalue weighted by molar-refractivity contribution is 7.10. The van der Waals surface area contributed by atoms with Gasteiger partial charge in [-0.3, -0.25) is 4.79 Å². The zero-order valence-electron chi connectivity index (χ0n) is 10.7. The maximum absolute atomic E-state index is 12.1. The van der Waals surface area contributed by atoms with E-state index >= 15 is 0 Å². The van der Waals surface area contributed by atoms with Crippen molar-refractivity contribution in [2.24, 2.45) is 0 Å². The Morgan fingerprint density at radius 2 is 2.06 bits per heavy atom. The lowest BCUT2D eigenvalue weighted by Gasteiger charge is -2.29. The zero-order valence-corrected chi connectivity index (χ0v) is 11.6. The van der Waals surface area contributed by atoms with Crippen molar-refractivity contribution in [1.29, 1.82) is 0 Å². The number of amides is 1. The fourth-order valence-corrected chi connectivity index (χ4v) is 3.02. The van der Waals surface area contributed by atoms with Crippen molar-refractivity contribution in [1.82, 2.24) is 10.2 Å². The van der Waals surface area contributed by atoms with Gasteiger partial charge in [-0.15, -0.1) is 11.3 Å². The predicted molar refractivity (Wildman–Crippen MR) is 71.8 cm³/mol. The van der Waals surface area contributed by atoms with Gasteiger partial charge in [0.05, 0.1) is 5.56 Å². The van der Waals surface area contributed by atoms with Crippen molar-refractivity contribution < 1.29 is 4.79 Å². The van der Waals surface area contributed by atoms with E-state index in [1.807, 2.05) is 12.3 Å². The van der Waals surface area contributed by atoms with Crippen molar-refractivity contribution in [2.45, 2.75) is 32.7 Å². The molecule has 0 radical (unpaired) electrons. The van der Waals surface area contributed by atoms with Crippen LogP contribution in [0.4, 0.5) is 0 Å². The molecule has 0 aliphatic carbocycles. The fourth-order valence-electron chi connectivity index (χ4n) is 2.15. The van der Waals surface area contributed by atoms with Gasteiger partial charge in [0, 0.05) is 16.3 Å². The standard InChI is InChI=1S/C13H20N2OS/c1-9-10(2)17-8-12(9)13(16)14-11-4-6-15(3)7-5-11/h8,11H,4-7H2,1-3H3,(H,14,16). The molecule has 1 aliphatic rings. The number of aryl methyl sites for hydroxylation is 1. The molecule has 1 aliphatic heterocycles. The summed E-state index contributed by atoms with van der Waals surface area (Å²) in [6, 6.07) is 0.346. The summed E-state index contributed by atoms with van der Waals surface area (Å²) in [5.74, 6) is 0.0985. The van der Waals surface area contributed by atoms with E-state index in [9.17, 15) is 4.79 Å². The number of carbonyl (C=O) groups excluding carboxylic acids is 1. The molecule has 1 aromatic rings. The summed E-state index contributed by atoms with van der Waals surface area (Å²) in [5, 5.41) is 5.12.